The maximum Gasteiger partial charge on any atom is 0.257 e. The molecule has 2 N–H and O–H groups in total. The molecule has 5 heteroatoms. The zero-order valence-electron chi connectivity index (χ0n) is 11.0. The predicted molar refractivity (Wildman–Crippen MR) is 66.3 cm³/mol. The van der Waals surface area contributed by atoms with Crippen LogP contribution in [0.15, 0.2) is 4.52 Å². The summed E-state index contributed by atoms with van der Waals surface area (Å²) in [4.78, 5) is 12.3. The summed E-state index contributed by atoms with van der Waals surface area (Å²) in [7, 11) is 0. The number of aryl methyl sites for hydroxylation is 2. The van der Waals surface area contributed by atoms with Gasteiger partial charge in [-0.3, -0.25) is 4.79 Å². The van der Waals surface area contributed by atoms with Crippen LogP contribution in [0.3, 0.4) is 0 Å². The fourth-order valence-corrected chi connectivity index (χ4v) is 2.66. The van der Waals surface area contributed by atoms with Gasteiger partial charge in [-0.25, -0.2) is 0 Å². The van der Waals surface area contributed by atoms with E-state index in [0.29, 0.717) is 17.0 Å². The van der Waals surface area contributed by atoms with Crippen molar-refractivity contribution in [1.82, 2.24) is 10.5 Å². The molecule has 5 nitrogen and oxygen atoms in total. The summed E-state index contributed by atoms with van der Waals surface area (Å²) in [6.07, 6.45) is 4.92. The number of aliphatic hydroxyl groups excluding tert-OH is 1. The topological polar surface area (TPSA) is 75.4 Å². The quantitative estimate of drug-likeness (QED) is 0.858. The number of nitrogens with zero attached hydrogens (tertiary/aromatic N) is 1. The Morgan fingerprint density at radius 3 is 2.56 bits per heavy atom. The van der Waals surface area contributed by atoms with Crippen LogP contribution in [0, 0.1) is 13.8 Å². The van der Waals surface area contributed by atoms with Crippen molar-refractivity contribution in [1.29, 1.82) is 0 Å². The molecule has 0 saturated heterocycles. The van der Waals surface area contributed by atoms with Crippen LogP contribution in [0.25, 0.3) is 0 Å². The summed E-state index contributed by atoms with van der Waals surface area (Å²) in [5.41, 5.74) is 0.619. The average molecular weight is 252 g/mol. The largest absolute Gasteiger partial charge is 0.394 e. The normalized spacial score (nSPS) is 18.6. The van der Waals surface area contributed by atoms with Gasteiger partial charge in [-0.15, -0.1) is 0 Å². The maximum absolute atomic E-state index is 12.3. The first-order chi connectivity index (χ1) is 8.58. The molecule has 0 spiro atoms. The lowest BCUT2D eigenvalue weighted by molar-refractivity contribution is 0.0756. The van der Waals surface area contributed by atoms with E-state index in [1.165, 1.54) is 6.42 Å². The van der Waals surface area contributed by atoms with E-state index < -0.39 is 5.54 Å². The Balaban J connectivity index is 2.15. The second-order valence-electron chi connectivity index (χ2n) is 5.15. The molecule has 1 aliphatic rings. The third kappa shape index (κ3) is 2.41. The minimum atomic E-state index is -0.467. The number of hydrogen-bond donors (Lipinski definition) is 2. The highest BCUT2D eigenvalue weighted by Crippen LogP contribution is 2.28. The Morgan fingerprint density at radius 1 is 1.39 bits per heavy atom. The van der Waals surface area contributed by atoms with Gasteiger partial charge < -0.3 is 14.9 Å². The number of carbonyl (C=O) groups is 1. The molecule has 0 unspecified atom stereocenters. The van der Waals surface area contributed by atoms with Crippen molar-refractivity contribution in [2.24, 2.45) is 0 Å². The van der Waals surface area contributed by atoms with Gasteiger partial charge in [0.15, 0.2) is 0 Å². The highest BCUT2D eigenvalue weighted by atomic mass is 16.5. The average Bonchev–Trinajstić information content (AvgIpc) is 2.70. The van der Waals surface area contributed by atoms with Crippen LogP contribution < -0.4 is 5.32 Å². The van der Waals surface area contributed by atoms with E-state index in [1.54, 1.807) is 13.8 Å². The van der Waals surface area contributed by atoms with Crippen molar-refractivity contribution in [2.45, 2.75) is 51.5 Å². The minimum absolute atomic E-state index is 0.0118. The van der Waals surface area contributed by atoms with Crippen molar-refractivity contribution in [2.75, 3.05) is 6.61 Å². The molecule has 1 aromatic heterocycles. The molecule has 0 bridgehead atoms. The number of amides is 1. The van der Waals surface area contributed by atoms with E-state index in [4.69, 9.17) is 4.52 Å². The number of aliphatic hydroxyl groups is 1. The lowest BCUT2D eigenvalue weighted by Crippen LogP contribution is -2.52. The molecule has 1 aromatic rings. The molecule has 1 amide bonds. The minimum Gasteiger partial charge on any atom is -0.394 e. The van der Waals surface area contributed by atoms with E-state index in [-0.39, 0.29) is 12.5 Å². The molecular formula is C13H20N2O3. The van der Waals surface area contributed by atoms with E-state index in [1.807, 2.05) is 0 Å². The SMILES string of the molecule is Cc1noc(C)c1C(=O)NC1(CO)CCCCC1. The van der Waals surface area contributed by atoms with Gasteiger partial charge in [0.1, 0.15) is 11.3 Å². The highest BCUT2D eigenvalue weighted by molar-refractivity contribution is 5.96. The second-order valence-corrected chi connectivity index (χ2v) is 5.15. The smallest absolute Gasteiger partial charge is 0.257 e. The molecule has 0 atom stereocenters. The summed E-state index contributed by atoms with van der Waals surface area (Å²) in [6.45, 7) is 3.46. The Labute approximate surface area is 107 Å². The second kappa shape index (κ2) is 5.10. The van der Waals surface area contributed by atoms with Crippen LogP contribution in [0.4, 0.5) is 0 Å². The third-order valence-corrected chi connectivity index (χ3v) is 3.75. The van der Waals surface area contributed by atoms with E-state index in [9.17, 15) is 9.90 Å². The molecule has 0 aliphatic heterocycles. The fourth-order valence-electron chi connectivity index (χ4n) is 2.66. The Hall–Kier alpha value is -1.36. The van der Waals surface area contributed by atoms with Gasteiger partial charge >= 0.3 is 0 Å². The predicted octanol–water partition coefficient (Wildman–Crippen LogP) is 1.72. The molecule has 1 saturated carbocycles. The monoisotopic (exact) mass is 252 g/mol. The van der Waals surface area contributed by atoms with Gasteiger partial charge in [-0.05, 0) is 26.7 Å². The maximum atomic E-state index is 12.3. The molecule has 18 heavy (non-hydrogen) atoms. The summed E-state index contributed by atoms with van der Waals surface area (Å²) >= 11 is 0. The van der Waals surface area contributed by atoms with Crippen LogP contribution in [0.5, 0.6) is 0 Å². The molecule has 0 aromatic carbocycles. The van der Waals surface area contributed by atoms with Crippen LogP contribution >= 0.6 is 0 Å². The van der Waals surface area contributed by atoms with Gasteiger partial charge in [-0.2, -0.15) is 0 Å². The summed E-state index contributed by atoms with van der Waals surface area (Å²) in [6, 6.07) is 0. The van der Waals surface area contributed by atoms with Crippen LogP contribution in [-0.4, -0.2) is 28.3 Å². The first-order valence-electron chi connectivity index (χ1n) is 6.44. The Kier molecular flexibility index (Phi) is 3.71. The molecule has 1 aliphatic carbocycles. The molecule has 2 rings (SSSR count). The van der Waals surface area contributed by atoms with Gasteiger partial charge in [0, 0.05) is 0 Å². The summed E-state index contributed by atoms with van der Waals surface area (Å²) in [5.74, 6) is 0.330. The first-order valence-corrected chi connectivity index (χ1v) is 6.44. The standard InChI is InChI=1S/C13H20N2O3/c1-9-11(10(2)18-15-9)12(17)14-13(8-16)6-4-3-5-7-13/h16H,3-8H2,1-2H3,(H,14,17). The van der Waals surface area contributed by atoms with Crippen molar-refractivity contribution in [3.63, 3.8) is 0 Å². The zero-order chi connectivity index (χ0) is 13.2. The summed E-state index contributed by atoms with van der Waals surface area (Å²) < 4.78 is 5.00. The van der Waals surface area contributed by atoms with Crippen LogP contribution in [0.2, 0.25) is 0 Å². The van der Waals surface area contributed by atoms with E-state index >= 15 is 0 Å². The van der Waals surface area contributed by atoms with Crippen LogP contribution in [-0.2, 0) is 0 Å². The molecule has 1 heterocycles. The zero-order valence-corrected chi connectivity index (χ0v) is 11.0. The lowest BCUT2D eigenvalue weighted by atomic mass is 9.82. The number of hydrogen-bond acceptors (Lipinski definition) is 4. The van der Waals surface area contributed by atoms with Crippen LogP contribution in [0.1, 0.15) is 53.9 Å². The van der Waals surface area contributed by atoms with Crippen molar-refractivity contribution in [3.8, 4) is 0 Å². The molecular weight excluding hydrogens is 232 g/mol. The molecule has 1 fully saturated rings. The number of aromatic nitrogens is 1. The van der Waals surface area contributed by atoms with Crippen molar-refractivity contribution in [3.05, 3.63) is 17.0 Å². The van der Waals surface area contributed by atoms with E-state index in [2.05, 4.69) is 10.5 Å². The number of rotatable bonds is 3. The highest BCUT2D eigenvalue weighted by Gasteiger charge is 2.34. The first kappa shape index (κ1) is 13.1. The third-order valence-electron chi connectivity index (χ3n) is 3.75. The van der Waals surface area contributed by atoms with E-state index in [0.717, 1.165) is 25.7 Å². The summed E-state index contributed by atoms with van der Waals surface area (Å²) in [5, 5.41) is 16.3. The van der Waals surface area contributed by atoms with Gasteiger partial charge in [-0.1, -0.05) is 24.4 Å². The number of nitrogens with one attached hydrogen (secondary N) is 1. The number of carbonyl (C=O) groups excluding carboxylic acids is 1. The van der Waals surface area contributed by atoms with Gasteiger partial charge in [0.25, 0.3) is 5.91 Å². The molecule has 100 valence electrons. The Morgan fingerprint density at radius 2 is 2.06 bits per heavy atom. The Bertz CT molecular complexity index is 414. The molecule has 0 radical (unpaired) electrons. The van der Waals surface area contributed by atoms with Crippen molar-refractivity contribution < 1.29 is 14.4 Å². The van der Waals surface area contributed by atoms with Crippen molar-refractivity contribution >= 4 is 5.91 Å². The lowest BCUT2D eigenvalue weighted by Gasteiger charge is -2.36. The fraction of sp³-hybridized carbons (Fsp3) is 0.692. The van der Waals surface area contributed by atoms with Gasteiger partial charge in [0.2, 0.25) is 0 Å². The van der Waals surface area contributed by atoms with Gasteiger partial charge in [0.05, 0.1) is 17.8 Å².